The molecule has 684 valence electrons. The first-order valence-corrected chi connectivity index (χ1v) is 74.9. The molecule has 1 unspecified atom stereocenters. The van der Waals surface area contributed by atoms with Gasteiger partial charge < -0.3 is 28.9 Å². The minimum absolute atomic E-state index is 0. The molecule has 10 nitrogen and oxygen atoms in total. The van der Waals surface area contributed by atoms with Gasteiger partial charge in [0.15, 0.2) is 0 Å². The van der Waals surface area contributed by atoms with Crippen LogP contribution in [0.25, 0.3) is 11.3 Å². The van der Waals surface area contributed by atoms with E-state index in [1.807, 2.05) is 54.7 Å². The molecule has 0 N–H and O–H groups in total. The van der Waals surface area contributed by atoms with Gasteiger partial charge in [0.25, 0.3) is 0 Å². The maximum atomic E-state index is 8.87. The Morgan fingerprint density at radius 2 is 0.540 bits per heavy atom. The zero-order chi connectivity index (χ0) is 96.3. The summed E-state index contributed by atoms with van der Waals surface area (Å²) in [4.78, 5) is 17.3. The van der Waals surface area contributed by atoms with Crippen LogP contribution in [0.1, 0.15) is 27.7 Å². The molecule has 1 fully saturated rings. The second kappa shape index (κ2) is 58.1. The number of aromatic nitrogens is 2. The molecular weight excluding hydrogens is 2070 g/mol. The summed E-state index contributed by atoms with van der Waals surface area (Å²) in [6, 6.07) is 171. The summed E-state index contributed by atoms with van der Waals surface area (Å²) in [5.41, 5.74) is 2.31. The molecule has 3 aliphatic rings. The third kappa shape index (κ3) is 31.6. The van der Waals surface area contributed by atoms with E-state index in [9.17, 15) is 0 Å². The minimum atomic E-state index is -3.15. The molecule has 5 heterocycles. The van der Waals surface area contributed by atoms with Crippen molar-refractivity contribution in [1.29, 1.82) is 0 Å². The number of fused-ring (bicyclic) bond motifs is 4. The Bertz CT molecular complexity index is 5820. The molecule has 0 aliphatic carbocycles. The topological polar surface area (TPSA) is 135 Å². The van der Waals surface area contributed by atoms with Crippen LogP contribution in [0.5, 0.6) is 23.0 Å². The fourth-order valence-electron chi connectivity index (χ4n) is 15.9. The van der Waals surface area contributed by atoms with Gasteiger partial charge in [-0.2, -0.15) is 0 Å². The molecule has 139 heavy (non-hydrogen) atoms. The average Bonchev–Trinajstić information content (AvgIpc) is 1.72. The molecular formula is C116H106BBrK3N2O8P5PdSi2. The first-order chi connectivity index (χ1) is 66.8. The predicted molar refractivity (Wildman–Crippen MR) is 591 cm³/mol. The zero-order valence-electron chi connectivity index (χ0n) is 80.0. The van der Waals surface area contributed by atoms with Crippen LogP contribution >= 0.6 is 55.9 Å². The van der Waals surface area contributed by atoms with Crippen molar-refractivity contribution in [3.05, 3.63) is 502 Å². The molecule has 3 aliphatic heterocycles. The van der Waals surface area contributed by atoms with E-state index in [4.69, 9.17) is 33.5 Å². The Hall–Kier alpha value is -6.41. The zero-order valence-corrected chi connectivity index (χ0v) is 99.0. The Kier molecular flexibility index (Phi) is 47.2. The second-order valence-corrected chi connectivity index (χ2v) is 52.4. The van der Waals surface area contributed by atoms with Gasteiger partial charge in [0.1, 0.15) is 43.7 Å². The number of benzene rings is 16. The van der Waals surface area contributed by atoms with E-state index in [0.717, 1.165) is 44.3 Å². The van der Waals surface area contributed by atoms with E-state index in [1.165, 1.54) is 148 Å². The van der Waals surface area contributed by atoms with Crippen molar-refractivity contribution < 1.29 is 110 Å². The number of nitrogens with zero attached hydrogens (tertiary/aromatic N) is 2. The first-order valence-electron chi connectivity index (χ1n) is 45.7. The Balaban J connectivity index is 0.000000155. The quantitative estimate of drug-likeness (QED) is 0.0321. The Morgan fingerprint density at radius 3 is 0.777 bits per heavy atom. The molecule has 23 heteroatoms. The summed E-state index contributed by atoms with van der Waals surface area (Å²) < 4.78 is 37.4. The van der Waals surface area contributed by atoms with Gasteiger partial charge in [0.2, 0.25) is 0 Å². The van der Waals surface area contributed by atoms with Gasteiger partial charge >= 0.3 is 130 Å². The monoisotopic (exact) mass is 2180 g/mol. The van der Waals surface area contributed by atoms with Crippen LogP contribution in [0.3, 0.4) is 0 Å². The first kappa shape index (κ1) is 113. The maximum absolute atomic E-state index is 8.87. The van der Waals surface area contributed by atoms with Gasteiger partial charge in [-0.05, 0) is 207 Å². The van der Waals surface area contributed by atoms with Crippen molar-refractivity contribution in [2.24, 2.45) is 0 Å². The Labute approximate surface area is 939 Å². The molecule has 0 bridgehead atoms. The van der Waals surface area contributed by atoms with Crippen molar-refractivity contribution in [2.45, 2.75) is 65.1 Å². The number of ether oxygens (including phenoxy) is 2. The summed E-state index contributed by atoms with van der Waals surface area (Å²) >= 11 is 5.70. The minimum Gasteiger partial charge on any atom is -0.0622 e. The van der Waals surface area contributed by atoms with Crippen LogP contribution in [-0.2, 0) is 39.0 Å². The van der Waals surface area contributed by atoms with Crippen LogP contribution in [0.2, 0.25) is 26.2 Å². The van der Waals surface area contributed by atoms with Gasteiger partial charge in [0, 0.05) is 43.8 Å². The van der Waals surface area contributed by atoms with E-state index in [0.29, 0.717) is 0 Å². The van der Waals surface area contributed by atoms with Crippen molar-refractivity contribution in [3.8, 4) is 34.3 Å². The molecule has 0 radical (unpaired) electrons. The fraction of sp³-hybridized carbons (Fsp3) is 0.0862. The van der Waals surface area contributed by atoms with Crippen LogP contribution in [0, 0.1) is 0 Å². The molecule has 2 aromatic heterocycles. The molecule has 1 saturated heterocycles. The largest absolute Gasteiger partial charge is 0.0622 e. The number of halogens is 1. The predicted octanol–water partition coefficient (Wildman–Crippen LogP) is 16.8. The smallest absolute Gasteiger partial charge is 0 e. The molecule has 0 spiro atoms. The maximum Gasteiger partial charge on any atom is 0 e. The number of hydrogen-bond donors (Lipinski definition) is 0. The van der Waals surface area contributed by atoms with Gasteiger partial charge in [0.05, 0.1) is 16.9 Å². The van der Waals surface area contributed by atoms with Crippen LogP contribution in [0.15, 0.2) is 502 Å². The SMILES string of the molecule is Brc1ccccn1.CC1(C)OB(c2cccc3c2Oc2ccccc2[Si]3(C)C)OC1(C)C.C[Si]1(C)c2ccccc2Oc2c(-c3ccccn3)cccc21.O=[P+]([O-])O[O-].[K+].[K][K].[Pd].c1ccc(P(c2ccccc2)c2ccccc2)cc1.c1ccc(P(c2ccccc2)c2ccccc2)cc1.c1ccc(P(c2ccccc2)c2ccccc2)cc1.c1ccc(P(c2ccccc2)c2ccccc2)cc1. The number of pyridine rings is 2. The second-order valence-electron chi connectivity index (χ2n) is 33.5. The Morgan fingerprint density at radius 1 is 0.317 bits per heavy atom. The van der Waals surface area contributed by atoms with Gasteiger partial charge in [-0.25, -0.2) is 9.66 Å². The van der Waals surface area contributed by atoms with E-state index < -0.39 is 63.2 Å². The summed E-state index contributed by atoms with van der Waals surface area (Å²) in [7, 11) is -8.92. The standard InChI is InChI=1S/C20H25BO3Si.C19H17NOSi.4C18H15P.C5H4BrN.3K.HO4P.Pd/c1-19(2)20(3,4)24-21(23-19)14-10-9-13-17-18(14)22-15-11-7-8-12-16(15)25(17,5)6;1-22(2)17-11-4-3-10-16(17)21-19-14(8-7-12-18(19)22)15-9-5-6-13-20-15;4*1-4-10-16(11-5-1)19(17-12-6-2-7-13-17)18-14-8-3-9-15-18;6-5-3-1-2-4-7-5;;;;1-4-5(2)3;/h7-13H,1-6H3;3-13H,1-2H3;4*1-15H;1-4H;;;;1H;/q;;;;;;;;;+1;;/p-1. The average molecular weight is 2180 g/mol. The van der Waals surface area contributed by atoms with E-state index >= 15 is 0 Å². The summed E-state index contributed by atoms with van der Waals surface area (Å²) in [6.45, 7) is 17.8. The van der Waals surface area contributed by atoms with Crippen LogP contribution in [0.4, 0.5) is 0 Å². The molecule has 18 aromatic rings. The van der Waals surface area contributed by atoms with Gasteiger partial charge in [-0.1, -0.05) is 469 Å². The normalized spacial score (nSPS) is 13.0. The molecule has 16 aromatic carbocycles. The number of para-hydroxylation sites is 4. The number of rotatable bonds is 15. The van der Waals surface area contributed by atoms with Crippen molar-refractivity contribution >= 4 is 232 Å². The van der Waals surface area contributed by atoms with E-state index in [-0.39, 0.29) is 83.0 Å². The third-order valence-electron chi connectivity index (χ3n) is 23.3. The molecule has 0 saturated carbocycles. The summed E-state index contributed by atoms with van der Waals surface area (Å²) in [5.74, 6) is 3.87. The van der Waals surface area contributed by atoms with E-state index in [1.54, 1.807) is 6.20 Å². The molecule has 0 amide bonds. The fourth-order valence-corrected chi connectivity index (χ4v) is 31.0. The molecule has 1 atom stereocenters. The van der Waals surface area contributed by atoms with Crippen molar-refractivity contribution in [3.63, 3.8) is 0 Å². The number of hydrogen-bond acceptors (Lipinski definition) is 10. The van der Waals surface area contributed by atoms with Crippen molar-refractivity contribution in [2.75, 3.05) is 0 Å². The van der Waals surface area contributed by atoms with E-state index in [2.05, 4.69) is 521 Å². The van der Waals surface area contributed by atoms with Gasteiger partial charge in [-0.3, -0.25) is 4.98 Å². The third-order valence-corrected chi connectivity index (χ3v) is 40.6. The summed E-state index contributed by atoms with van der Waals surface area (Å²) in [6.07, 6.45) is 3.57. The van der Waals surface area contributed by atoms with Crippen LogP contribution < -0.4 is 161 Å². The van der Waals surface area contributed by atoms with Crippen molar-refractivity contribution in [1.82, 2.24) is 9.97 Å². The molecule has 21 rings (SSSR count). The van der Waals surface area contributed by atoms with Gasteiger partial charge in [-0.15, -0.1) is 0 Å². The van der Waals surface area contributed by atoms with Crippen LogP contribution in [-0.4, -0.2) is 108 Å². The summed E-state index contributed by atoms with van der Waals surface area (Å²) in [5, 5.41) is 30.7.